The Morgan fingerprint density at radius 1 is 1.30 bits per heavy atom. The van der Waals surface area contributed by atoms with Crippen LogP contribution in [0.1, 0.15) is 65.7 Å². The number of esters is 2. The third-order valence-electron chi connectivity index (χ3n) is 6.18. The van der Waals surface area contributed by atoms with Gasteiger partial charge >= 0.3 is 11.9 Å². The standard InChI is InChI=1S/C24H36O6/c1-5-6-9-16(2)21(26)13-12-19-20-14-18(10-7-8-11-24(27)28-4)30-23(20)15-22(19)29-17(3)25/h12-13,16,18-23,26H,7-11,14-15H2,1-4H3/t16?,18-,19+,20+,21+,22?,23-/m0/s1. The number of aliphatic hydroxyl groups is 1. The first-order chi connectivity index (χ1) is 14.3. The maximum atomic E-state index is 11.6. The Kier molecular flexibility index (Phi) is 9.87. The molecule has 7 atom stereocenters. The lowest BCUT2D eigenvalue weighted by atomic mass is 9.88. The topological polar surface area (TPSA) is 82.1 Å². The van der Waals surface area contributed by atoms with Gasteiger partial charge in [0.25, 0.3) is 0 Å². The summed E-state index contributed by atoms with van der Waals surface area (Å²) in [5.74, 6) is 5.76. The lowest BCUT2D eigenvalue weighted by Gasteiger charge is -2.22. The minimum Gasteiger partial charge on any atom is -0.469 e. The molecule has 2 aliphatic rings. The van der Waals surface area contributed by atoms with Gasteiger partial charge in [-0.2, -0.15) is 0 Å². The zero-order chi connectivity index (χ0) is 22.1. The first-order valence-corrected chi connectivity index (χ1v) is 11.0. The van der Waals surface area contributed by atoms with Crippen LogP contribution in [0.2, 0.25) is 0 Å². The van der Waals surface area contributed by atoms with E-state index in [1.165, 1.54) is 14.0 Å². The highest BCUT2D eigenvalue weighted by Crippen LogP contribution is 2.46. The van der Waals surface area contributed by atoms with Gasteiger partial charge in [-0.25, -0.2) is 0 Å². The molecule has 6 heteroatoms. The maximum absolute atomic E-state index is 11.6. The second-order valence-electron chi connectivity index (χ2n) is 8.46. The van der Waals surface area contributed by atoms with Crippen LogP contribution >= 0.6 is 0 Å². The molecule has 0 aromatic carbocycles. The molecule has 1 saturated heterocycles. The molecule has 0 bridgehead atoms. The fourth-order valence-corrected chi connectivity index (χ4v) is 4.51. The number of aliphatic hydroxyl groups excluding tert-OH is 1. The lowest BCUT2D eigenvalue weighted by molar-refractivity contribution is -0.148. The van der Waals surface area contributed by atoms with Crippen molar-refractivity contribution in [1.29, 1.82) is 0 Å². The number of carbonyl (C=O) groups excluding carboxylic acids is 2. The van der Waals surface area contributed by atoms with Crippen LogP contribution in [-0.2, 0) is 23.8 Å². The molecule has 0 spiro atoms. The quantitative estimate of drug-likeness (QED) is 0.252. The third kappa shape index (κ3) is 7.14. The molecular weight excluding hydrogens is 384 g/mol. The molecule has 1 aliphatic heterocycles. The van der Waals surface area contributed by atoms with Gasteiger partial charge < -0.3 is 19.3 Å². The van der Waals surface area contributed by atoms with Crippen molar-refractivity contribution in [3.05, 3.63) is 12.2 Å². The zero-order valence-electron chi connectivity index (χ0n) is 18.6. The third-order valence-corrected chi connectivity index (χ3v) is 6.18. The molecule has 0 aromatic heterocycles. The molecule has 0 aromatic rings. The number of hydrogen-bond donors (Lipinski definition) is 1. The molecule has 2 unspecified atom stereocenters. The summed E-state index contributed by atoms with van der Waals surface area (Å²) in [6, 6.07) is 0. The highest BCUT2D eigenvalue weighted by Gasteiger charge is 2.49. The van der Waals surface area contributed by atoms with Gasteiger partial charge in [0.2, 0.25) is 0 Å². The minimum absolute atomic E-state index is 0.0399. The Hall–Kier alpha value is -1.84. The first kappa shape index (κ1) is 24.4. The lowest BCUT2D eigenvalue weighted by Crippen LogP contribution is -2.25. The van der Waals surface area contributed by atoms with E-state index in [2.05, 4.69) is 16.6 Å². The first-order valence-electron chi connectivity index (χ1n) is 11.0. The van der Waals surface area contributed by atoms with Gasteiger partial charge in [0.15, 0.2) is 0 Å². The number of unbranched alkanes of at least 4 members (excludes halogenated alkanes) is 1. The Labute approximate surface area is 180 Å². The van der Waals surface area contributed by atoms with E-state index in [0.717, 1.165) is 25.7 Å². The zero-order valence-corrected chi connectivity index (χ0v) is 18.6. The number of carbonyl (C=O) groups is 2. The summed E-state index contributed by atoms with van der Waals surface area (Å²) in [5.41, 5.74) is 0. The summed E-state index contributed by atoms with van der Waals surface area (Å²) in [6.07, 6.45) is 8.57. The van der Waals surface area contributed by atoms with Crippen LogP contribution < -0.4 is 0 Å². The maximum Gasteiger partial charge on any atom is 0.305 e. The van der Waals surface area contributed by atoms with E-state index in [1.54, 1.807) is 6.92 Å². The number of rotatable bonds is 10. The summed E-state index contributed by atoms with van der Waals surface area (Å²) in [4.78, 5) is 22.8. The molecule has 2 fully saturated rings. The molecular formula is C24H36O6. The van der Waals surface area contributed by atoms with E-state index >= 15 is 0 Å². The van der Waals surface area contributed by atoms with Crippen LogP contribution in [0.25, 0.3) is 0 Å². The average molecular weight is 421 g/mol. The molecule has 2 rings (SSSR count). The predicted molar refractivity (Wildman–Crippen MR) is 113 cm³/mol. The van der Waals surface area contributed by atoms with Gasteiger partial charge in [-0.05, 0) is 38.0 Å². The molecule has 1 aliphatic carbocycles. The second kappa shape index (κ2) is 12.1. The fourth-order valence-electron chi connectivity index (χ4n) is 4.51. The second-order valence-corrected chi connectivity index (χ2v) is 8.46. The molecule has 168 valence electrons. The molecule has 1 heterocycles. The van der Waals surface area contributed by atoms with Crippen LogP contribution in [0.3, 0.4) is 0 Å². The monoisotopic (exact) mass is 420 g/mol. The van der Waals surface area contributed by atoms with Crippen molar-refractivity contribution >= 4 is 11.9 Å². The van der Waals surface area contributed by atoms with Crippen LogP contribution in [-0.4, -0.2) is 48.6 Å². The van der Waals surface area contributed by atoms with Crippen LogP contribution in [0, 0.1) is 29.6 Å². The van der Waals surface area contributed by atoms with Gasteiger partial charge in [0, 0.05) is 32.1 Å². The normalized spacial score (nSPS) is 29.7. The number of hydrogen-bond acceptors (Lipinski definition) is 6. The molecule has 0 amide bonds. The largest absolute Gasteiger partial charge is 0.469 e. The number of methoxy groups -OCH3 is 1. The van der Waals surface area contributed by atoms with Crippen molar-refractivity contribution < 1.29 is 28.9 Å². The smallest absolute Gasteiger partial charge is 0.305 e. The summed E-state index contributed by atoms with van der Waals surface area (Å²) < 4.78 is 16.5. The van der Waals surface area contributed by atoms with E-state index in [-0.39, 0.29) is 48.0 Å². The van der Waals surface area contributed by atoms with Crippen molar-refractivity contribution in [3.8, 4) is 11.8 Å². The number of fused-ring (bicyclic) bond motifs is 1. The van der Waals surface area contributed by atoms with E-state index < -0.39 is 6.10 Å². The summed E-state index contributed by atoms with van der Waals surface area (Å²) >= 11 is 0. The highest BCUT2D eigenvalue weighted by atomic mass is 16.6. The van der Waals surface area contributed by atoms with Crippen LogP contribution in [0.15, 0.2) is 12.2 Å². The summed E-state index contributed by atoms with van der Waals surface area (Å²) in [6.45, 7) is 5.20. The molecule has 1 saturated carbocycles. The predicted octanol–water partition coefficient (Wildman–Crippen LogP) is 3.41. The van der Waals surface area contributed by atoms with Crippen molar-refractivity contribution in [1.82, 2.24) is 0 Å². The summed E-state index contributed by atoms with van der Waals surface area (Å²) in [7, 11) is 1.41. The Morgan fingerprint density at radius 3 is 2.73 bits per heavy atom. The molecule has 6 nitrogen and oxygen atoms in total. The van der Waals surface area contributed by atoms with Crippen LogP contribution in [0.4, 0.5) is 0 Å². The van der Waals surface area contributed by atoms with Crippen molar-refractivity contribution in [2.75, 3.05) is 7.11 Å². The van der Waals surface area contributed by atoms with Crippen LogP contribution in [0.5, 0.6) is 0 Å². The van der Waals surface area contributed by atoms with E-state index in [0.29, 0.717) is 19.3 Å². The average Bonchev–Trinajstić information content (AvgIpc) is 3.23. The number of ether oxygens (including phenoxy) is 3. The molecule has 0 radical (unpaired) electrons. The van der Waals surface area contributed by atoms with E-state index in [9.17, 15) is 14.7 Å². The summed E-state index contributed by atoms with van der Waals surface area (Å²) in [5, 5.41) is 10.4. The van der Waals surface area contributed by atoms with Gasteiger partial charge in [0.1, 0.15) is 6.10 Å². The van der Waals surface area contributed by atoms with Gasteiger partial charge in [-0.15, -0.1) is 11.8 Å². The van der Waals surface area contributed by atoms with Crippen molar-refractivity contribution in [2.24, 2.45) is 17.8 Å². The molecule has 1 N–H and O–H groups in total. The minimum atomic E-state index is -0.584. The Balaban J connectivity index is 1.94. The van der Waals surface area contributed by atoms with Gasteiger partial charge in [0.05, 0.1) is 25.4 Å². The van der Waals surface area contributed by atoms with Gasteiger partial charge in [-0.3, -0.25) is 9.59 Å². The Morgan fingerprint density at radius 2 is 2.07 bits per heavy atom. The van der Waals surface area contributed by atoms with Crippen molar-refractivity contribution in [2.45, 2.75) is 90.1 Å². The highest BCUT2D eigenvalue weighted by molar-refractivity contribution is 5.69. The van der Waals surface area contributed by atoms with E-state index in [1.807, 2.05) is 19.1 Å². The SMILES string of the molecule is CC#CCC(C)[C@H](O)C=C[C@H]1C(OC(C)=O)C[C@@H]2O[C@@H](CCCCC(=O)OC)C[C@@H]21. The van der Waals surface area contributed by atoms with Gasteiger partial charge in [-0.1, -0.05) is 25.5 Å². The molecule has 30 heavy (non-hydrogen) atoms. The fraction of sp³-hybridized carbons (Fsp3) is 0.750. The van der Waals surface area contributed by atoms with Crippen molar-refractivity contribution in [3.63, 3.8) is 0 Å². The van der Waals surface area contributed by atoms with E-state index in [4.69, 9.17) is 9.47 Å². The Bertz CT molecular complexity index is 660.